The molecule has 0 aromatic heterocycles. The summed E-state index contributed by atoms with van der Waals surface area (Å²) in [5.74, 6) is 0.148. The fourth-order valence-corrected chi connectivity index (χ4v) is 2.78. The molecule has 1 aliphatic carbocycles. The molecule has 2 fully saturated rings. The molecule has 5 nitrogen and oxygen atoms in total. The predicted octanol–water partition coefficient (Wildman–Crippen LogP) is 0.354. The molecule has 1 saturated heterocycles. The molecule has 1 amide bonds. The summed E-state index contributed by atoms with van der Waals surface area (Å²) in [4.78, 5) is 14.7. The van der Waals surface area contributed by atoms with Gasteiger partial charge in [-0.25, -0.2) is 0 Å². The largest absolute Gasteiger partial charge is 0.378 e. The quantitative estimate of drug-likeness (QED) is 0.756. The molecule has 0 bridgehead atoms. The van der Waals surface area contributed by atoms with Crippen LogP contribution in [0.2, 0.25) is 0 Å². The number of carbonyl (C=O) groups is 1. The number of nitrogens with zero attached hydrogens (tertiary/aromatic N) is 1. The van der Waals surface area contributed by atoms with Crippen molar-refractivity contribution in [2.75, 3.05) is 32.8 Å². The Bertz CT molecular complexity index is 308. The zero-order chi connectivity index (χ0) is 13.9. The van der Waals surface area contributed by atoms with Gasteiger partial charge in [0.2, 0.25) is 5.91 Å². The van der Waals surface area contributed by atoms with Crippen molar-refractivity contribution in [1.29, 1.82) is 0 Å². The summed E-state index contributed by atoms with van der Waals surface area (Å²) in [6.07, 6.45) is 2.26. The first-order valence-corrected chi connectivity index (χ1v) is 7.42. The van der Waals surface area contributed by atoms with E-state index in [-0.39, 0.29) is 5.91 Å². The Kier molecular flexibility index (Phi) is 4.81. The van der Waals surface area contributed by atoms with Crippen LogP contribution in [0, 0.1) is 0 Å². The topological polar surface area (TPSA) is 53.6 Å². The highest BCUT2D eigenvalue weighted by atomic mass is 16.5. The summed E-state index contributed by atoms with van der Waals surface area (Å²) in [7, 11) is 0. The third kappa shape index (κ3) is 3.46. The fourth-order valence-electron chi connectivity index (χ4n) is 2.78. The number of hydrogen-bond donors (Lipinski definition) is 2. The smallest absolute Gasteiger partial charge is 0.240 e. The van der Waals surface area contributed by atoms with Gasteiger partial charge in [-0.1, -0.05) is 0 Å². The van der Waals surface area contributed by atoms with Crippen LogP contribution in [0.4, 0.5) is 0 Å². The summed E-state index contributed by atoms with van der Waals surface area (Å²) < 4.78 is 5.52. The third-order valence-electron chi connectivity index (χ3n) is 4.30. The Hall–Kier alpha value is -0.650. The number of nitrogens with one attached hydrogen (secondary N) is 2. The Morgan fingerprint density at radius 1 is 1.37 bits per heavy atom. The number of hydrogen-bond acceptors (Lipinski definition) is 4. The van der Waals surface area contributed by atoms with Crippen molar-refractivity contribution in [3.05, 3.63) is 0 Å². The average Bonchev–Trinajstić information content (AvgIpc) is 2.37. The standard InChI is InChI=1S/C14H27N3O2/c1-4-19-12-9-11(10-12)16-13(18)14(2,3)17-7-5-15-6-8-17/h11-12,15H,4-10H2,1-3H3,(H,16,18). The molecule has 0 aromatic rings. The predicted molar refractivity (Wildman–Crippen MR) is 75.1 cm³/mol. The first kappa shape index (κ1) is 14.8. The lowest BCUT2D eigenvalue weighted by Gasteiger charge is -2.42. The van der Waals surface area contributed by atoms with Crippen molar-refractivity contribution in [2.24, 2.45) is 0 Å². The first-order valence-electron chi connectivity index (χ1n) is 7.42. The molecule has 0 aromatic carbocycles. The van der Waals surface area contributed by atoms with E-state index in [9.17, 15) is 4.79 Å². The van der Waals surface area contributed by atoms with Crippen molar-refractivity contribution in [3.8, 4) is 0 Å². The zero-order valence-corrected chi connectivity index (χ0v) is 12.4. The van der Waals surface area contributed by atoms with Gasteiger partial charge in [-0.3, -0.25) is 9.69 Å². The van der Waals surface area contributed by atoms with Crippen molar-refractivity contribution >= 4 is 5.91 Å². The zero-order valence-electron chi connectivity index (χ0n) is 12.4. The van der Waals surface area contributed by atoms with Gasteiger partial charge in [-0.05, 0) is 33.6 Å². The number of rotatable bonds is 5. The molecule has 19 heavy (non-hydrogen) atoms. The van der Waals surface area contributed by atoms with Crippen molar-refractivity contribution in [2.45, 2.75) is 51.3 Å². The van der Waals surface area contributed by atoms with Gasteiger partial charge in [0.05, 0.1) is 11.6 Å². The van der Waals surface area contributed by atoms with Crippen molar-refractivity contribution < 1.29 is 9.53 Å². The molecule has 0 atom stereocenters. The van der Waals surface area contributed by atoms with E-state index in [0.29, 0.717) is 12.1 Å². The Labute approximate surface area is 116 Å². The average molecular weight is 269 g/mol. The Morgan fingerprint density at radius 3 is 2.58 bits per heavy atom. The summed E-state index contributed by atoms with van der Waals surface area (Å²) >= 11 is 0. The lowest BCUT2D eigenvalue weighted by atomic mass is 9.88. The van der Waals surface area contributed by atoms with Crippen LogP contribution in [0.1, 0.15) is 33.6 Å². The number of piperazine rings is 1. The molecule has 2 N–H and O–H groups in total. The van der Waals surface area contributed by atoms with E-state index >= 15 is 0 Å². The molecule has 1 saturated carbocycles. The minimum absolute atomic E-state index is 0.148. The first-order chi connectivity index (χ1) is 9.04. The number of ether oxygens (including phenoxy) is 1. The fraction of sp³-hybridized carbons (Fsp3) is 0.929. The van der Waals surface area contributed by atoms with E-state index in [1.807, 2.05) is 20.8 Å². The summed E-state index contributed by atoms with van der Waals surface area (Å²) in [6, 6.07) is 0.297. The minimum Gasteiger partial charge on any atom is -0.378 e. The highest BCUT2D eigenvalue weighted by Gasteiger charge is 2.38. The molecule has 2 aliphatic rings. The lowest BCUT2D eigenvalue weighted by Crippen LogP contribution is -2.62. The van der Waals surface area contributed by atoms with Crippen LogP contribution in [-0.2, 0) is 9.53 Å². The van der Waals surface area contributed by atoms with E-state index in [4.69, 9.17) is 4.74 Å². The van der Waals surface area contributed by atoms with Crippen LogP contribution in [0.5, 0.6) is 0 Å². The van der Waals surface area contributed by atoms with Gasteiger partial charge >= 0.3 is 0 Å². The summed E-state index contributed by atoms with van der Waals surface area (Å²) in [5.41, 5.74) is -0.418. The lowest BCUT2D eigenvalue weighted by molar-refractivity contribution is -0.134. The summed E-state index contributed by atoms with van der Waals surface area (Å²) in [6.45, 7) is 10.6. The van der Waals surface area contributed by atoms with E-state index in [1.165, 1.54) is 0 Å². The number of carbonyl (C=O) groups excluding carboxylic acids is 1. The monoisotopic (exact) mass is 269 g/mol. The van der Waals surface area contributed by atoms with Crippen LogP contribution in [-0.4, -0.2) is 61.3 Å². The van der Waals surface area contributed by atoms with Crippen LogP contribution in [0.25, 0.3) is 0 Å². The molecule has 110 valence electrons. The SMILES string of the molecule is CCOC1CC(NC(=O)C(C)(C)N2CCNCC2)C1. The van der Waals surface area contributed by atoms with E-state index < -0.39 is 5.54 Å². The Morgan fingerprint density at radius 2 is 2.00 bits per heavy atom. The molecule has 2 rings (SSSR count). The molecule has 0 unspecified atom stereocenters. The summed E-state index contributed by atoms with van der Waals surface area (Å²) in [5, 5.41) is 6.48. The van der Waals surface area contributed by atoms with Gasteiger partial charge in [-0.15, -0.1) is 0 Å². The second-order valence-corrected chi connectivity index (χ2v) is 6.02. The molecular weight excluding hydrogens is 242 g/mol. The maximum Gasteiger partial charge on any atom is 0.240 e. The molecule has 0 spiro atoms. The van der Waals surface area contributed by atoms with Crippen molar-refractivity contribution in [3.63, 3.8) is 0 Å². The highest BCUT2D eigenvalue weighted by Crippen LogP contribution is 2.24. The third-order valence-corrected chi connectivity index (χ3v) is 4.30. The van der Waals surface area contributed by atoms with Crippen LogP contribution >= 0.6 is 0 Å². The second-order valence-electron chi connectivity index (χ2n) is 6.02. The van der Waals surface area contributed by atoms with Crippen molar-refractivity contribution in [1.82, 2.24) is 15.5 Å². The van der Waals surface area contributed by atoms with Gasteiger partial charge in [0.15, 0.2) is 0 Å². The van der Waals surface area contributed by atoms with Crippen LogP contribution in [0.15, 0.2) is 0 Å². The van der Waals surface area contributed by atoms with Gasteiger partial charge in [0.1, 0.15) is 0 Å². The van der Waals surface area contributed by atoms with Gasteiger partial charge in [0, 0.05) is 38.8 Å². The van der Waals surface area contributed by atoms with Gasteiger partial charge < -0.3 is 15.4 Å². The van der Waals surface area contributed by atoms with Crippen LogP contribution < -0.4 is 10.6 Å². The molecule has 5 heteroatoms. The maximum atomic E-state index is 12.4. The van der Waals surface area contributed by atoms with Gasteiger partial charge in [0.25, 0.3) is 0 Å². The van der Waals surface area contributed by atoms with E-state index in [0.717, 1.165) is 45.6 Å². The van der Waals surface area contributed by atoms with E-state index in [2.05, 4.69) is 15.5 Å². The molecule has 1 aliphatic heterocycles. The maximum absolute atomic E-state index is 12.4. The molecule has 1 heterocycles. The number of amides is 1. The molecular formula is C14H27N3O2. The minimum atomic E-state index is -0.418. The molecule has 0 radical (unpaired) electrons. The second kappa shape index (κ2) is 6.20. The normalized spacial score (nSPS) is 28.8. The highest BCUT2D eigenvalue weighted by molar-refractivity contribution is 5.85. The van der Waals surface area contributed by atoms with Crippen LogP contribution in [0.3, 0.4) is 0 Å². The Balaban J connectivity index is 1.78. The van der Waals surface area contributed by atoms with E-state index in [1.54, 1.807) is 0 Å². The van der Waals surface area contributed by atoms with Gasteiger partial charge in [-0.2, -0.15) is 0 Å².